The Labute approximate surface area is 229 Å². The summed E-state index contributed by atoms with van der Waals surface area (Å²) in [5.41, 5.74) is 5.52. The third-order valence-corrected chi connectivity index (χ3v) is 7.39. The van der Waals surface area contributed by atoms with E-state index in [0.29, 0.717) is 23.7 Å². The van der Waals surface area contributed by atoms with Crippen molar-refractivity contribution < 1.29 is 14.4 Å². The van der Waals surface area contributed by atoms with E-state index in [0.717, 1.165) is 58.5 Å². The third kappa shape index (κ3) is 5.66. The molecule has 0 spiro atoms. The Hall–Kier alpha value is -3.79. The van der Waals surface area contributed by atoms with Crippen LogP contribution in [0.4, 0.5) is 17.1 Å². The van der Waals surface area contributed by atoms with Crippen LogP contribution in [0, 0.1) is 11.1 Å². The van der Waals surface area contributed by atoms with E-state index >= 15 is 0 Å². The summed E-state index contributed by atoms with van der Waals surface area (Å²) in [6.45, 7) is 4.60. The molecule has 9 heteroatoms. The lowest BCUT2D eigenvalue weighted by molar-refractivity contribution is -0.117. The molecule has 0 aliphatic carbocycles. The topological polar surface area (TPSA) is 92.4 Å². The number of benzene rings is 3. The van der Waals surface area contributed by atoms with Gasteiger partial charge >= 0.3 is 0 Å². The van der Waals surface area contributed by atoms with Crippen LogP contribution in [-0.2, 0) is 11.4 Å². The Morgan fingerprint density at radius 2 is 2.00 bits per heavy atom. The first kappa shape index (κ1) is 26.8. The summed E-state index contributed by atoms with van der Waals surface area (Å²) in [6, 6.07) is 19.2. The maximum Gasteiger partial charge on any atom is 0.251 e. The number of carbonyl (C=O) groups excluding carboxylic acids is 1. The zero-order valence-corrected chi connectivity index (χ0v) is 22.9. The molecule has 2 aliphatic heterocycles. The standard InChI is InChI=1S/C30H36N5O4/c1-5-20-17-34(39-19-20)18-21-9-8-10-25(29(21)38-4)22-13-23(15-24(14-22)33(2)3)30(36)31-16-28-32-26-11-6-7-12-27(26)35(28)37/h6-15,20,28,32H,5,16-19H2,1-4H3,(H,31,36)/q-1/t20-,28?/m1/s1. The SMILES string of the molecule is CC[C@H]1CON(Cc2cccc(-c3cc(C(=O)NCC4Nc5ccccc5N4[O-])cc(N(C)C)c3)c2OC)C1. The fraction of sp³-hybridized carbons (Fsp3) is 0.367. The second kappa shape index (κ2) is 11.5. The number of para-hydroxylation sites is 3. The molecule has 0 saturated carbocycles. The van der Waals surface area contributed by atoms with Gasteiger partial charge in [0, 0.05) is 43.0 Å². The van der Waals surface area contributed by atoms with Crippen molar-refractivity contribution in [1.82, 2.24) is 10.4 Å². The minimum absolute atomic E-state index is 0.159. The lowest BCUT2D eigenvalue weighted by Crippen LogP contribution is -2.42. The number of hydroxylamine groups is 3. The third-order valence-electron chi connectivity index (χ3n) is 7.39. The van der Waals surface area contributed by atoms with Crippen LogP contribution in [0.2, 0.25) is 0 Å². The zero-order chi connectivity index (χ0) is 27.5. The summed E-state index contributed by atoms with van der Waals surface area (Å²) >= 11 is 0. The number of anilines is 3. The van der Waals surface area contributed by atoms with Gasteiger partial charge in [-0.3, -0.25) is 9.63 Å². The van der Waals surface area contributed by atoms with Crippen LogP contribution >= 0.6 is 0 Å². The second-order valence-electron chi connectivity index (χ2n) is 10.3. The number of nitrogens with one attached hydrogen (secondary N) is 2. The number of rotatable bonds is 9. The minimum Gasteiger partial charge on any atom is -0.757 e. The molecule has 2 atom stereocenters. The predicted molar refractivity (Wildman–Crippen MR) is 155 cm³/mol. The Morgan fingerprint density at radius 3 is 2.72 bits per heavy atom. The predicted octanol–water partition coefficient (Wildman–Crippen LogP) is 4.69. The van der Waals surface area contributed by atoms with Gasteiger partial charge in [0.2, 0.25) is 0 Å². The molecule has 0 radical (unpaired) electrons. The van der Waals surface area contributed by atoms with Crippen LogP contribution < -0.4 is 25.3 Å². The van der Waals surface area contributed by atoms with Gasteiger partial charge in [-0.2, -0.15) is 5.06 Å². The molecule has 1 unspecified atom stereocenters. The van der Waals surface area contributed by atoms with E-state index in [4.69, 9.17) is 9.57 Å². The summed E-state index contributed by atoms with van der Waals surface area (Å²) < 4.78 is 5.91. The first-order chi connectivity index (χ1) is 18.9. The van der Waals surface area contributed by atoms with Crippen LogP contribution in [-0.4, -0.2) is 58.0 Å². The molecule has 1 saturated heterocycles. The van der Waals surface area contributed by atoms with Crippen molar-refractivity contribution in [2.24, 2.45) is 5.92 Å². The number of fused-ring (bicyclic) bond motifs is 1. The van der Waals surface area contributed by atoms with E-state index in [2.05, 4.69) is 23.6 Å². The second-order valence-corrected chi connectivity index (χ2v) is 10.3. The Kier molecular flexibility index (Phi) is 7.92. The van der Waals surface area contributed by atoms with Gasteiger partial charge in [-0.15, -0.1) is 0 Å². The highest BCUT2D eigenvalue weighted by Crippen LogP contribution is 2.37. The molecular formula is C30H36N5O4-. The molecule has 1 amide bonds. The number of ether oxygens (including phenoxy) is 1. The van der Waals surface area contributed by atoms with E-state index < -0.39 is 6.17 Å². The monoisotopic (exact) mass is 530 g/mol. The normalized spacial score (nSPS) is 18.5. The maximum atomic E-state index is 13.3. The largest absolute Gasteiger partial charge is 0.757 e. The van der Waals surface area contributed by atoms with Gasteiger partial charge in [-0.05, 0) is 48.2 Å². The maximum absolute atomic E-state index is 13.3. The zero-order valence-electron chi connectivity index (χ0n) is 22.9. The van der Waals surface area contributed by atoms with E-state index in [9.17, 15) is 10.0 Å². The molecular weight excluding hydrogens is 494 g/mol. The molecule has 3 aromatic rings. The molecule has 2 aliphatic rings. The first-order valence-corrected chi connectivity index (χ1v) is 13.3. The number of hydrogen-bond acceptors (Lipinski definition) is 8. The molecule has 2 heterocycles. The van der Waals surface area contributed by atoms with E-state index in [-0.39, 0.29) is 12.5 Å². The fourth-order valence-electron chi connectivity index (χ4n) is 5.10. The average Bonchev–Trinajstić information content (AvgIpc) is 3.55. The Balaban J connectivity index is 1.38. The van der Waals surface area contributed by atoms with Gasteiger partial charge in [0.25, 0.3) is 5.91 Å². The average molecular weight is 531 g/mol. The van der Waals surface area contributed by atoms with E-state index in [1.165, 1.54) is 0 Å². The van der Waals surface area contributed by atoms with Crippen LogP contribution in [0.15, 0.2) is 60.7 Å². The van der Waals surface area contributed by atoms with Crippen LogP contribution in [0.5, 0.6) is 5.75 Å². The summed E-state index contributed by atoms with van der Waals surface area (Å²) in [5.74, 6) is 1.05. The number of hydrogen-bond donors (Lipinski definition) is 2. The quantitative estimate of drug-likeness (QED) is 0.412. The highest BCUT2D eigenvalue weighted by atomic mass is 16.7. The van der Waals surface area contributed by atoms with Crippen molar-refractivity contribution in [3.8, 4) is 16.9 Å². The molecule has 0 aromatic heterocycles. The van der Waals surface area contributed by atoms with Crippen molar-refractivity contribution in [2.75, 3.05) is 56.2 Å². The fourth-order valence-corrected chi connectivity index (χ4v) is 5.10. The van der Waals surface area contributed by atoms with Crippen LogP contribution in [0.3, 0.4) is 0 Å². The van der Waals surface area contributed by atoms with Gasteiger partial charge < -0.3 is 30.5 Å². The van der Waals surface area contributed by atoms with Crippen LogP contribution in [0.1, 0.15) is 29.3 Å². The Morgan fingerprint density at radius 1 is 1.18 bits per heavy atom. The smallest absolute Gasteiger partial charge is 0.251 e. The van der Waals surface area contributed by atoms with Crippen molar-refractivity contribution in [2.45, 2.75) is 26.1 Å². The summed E-state index contributed by atoms with van der Waals surface area (Å²) in [6.07, 6.45) is 0.520. The lowest BCUT2D eigenvalue weighted by Gasteiger charge is -2.32. The van der Waals surface area contributed by atoms with E-state index in [1.54, 1.807) is 13.2 Å². The molecule has 2 N–H and O–H groups in total. The molecule has 1 fully saturated rings. The minimum atomic E-state index is -0.570. The molecule has 5 rings (SSSR count). The van der Waals surface area contributed by atoms with Gasteiger partial charge in [-0.25, -0.2) is 0 Å². The number of amides is 1. The Bertz CT molecular complexity index is 1330. The van der Waals surface area contributed by atoms with Gasteiger partial charge in [-0.1, -0.05) is 37.3 Å². The van der Waals surface area contributed by atoms with Crippen molar-refractivity contribution in [3.63, 3.8) is 0 Å². The molecule has 9 nitrogen and oxygen atoms in total. The van der Waals surface area contributed by atoms with Gasteiger partial charge in [0.1, 0.15) is 11.9 Å². The summed E-state index contributed by atoms with van der Waals surface area (Å²) in [4.78, 5) is 21.2. The molecule has 206 valence electrons. The highest BCUT2D eigenvalue weighted by molar-refractivity contribution is 5.97. The molecule has 0 bridgehead atoms. The first-order valence-electron chi connectivity index (χ1n) is 13.3. The van der Waals surface area contributed by atoms with E-state index in [1.807, 2.05) is 72.6 Å². The summed E-state index contributed by atoms with van der Waals surface area (Å²) in [7, 11) is 5.56. The van der Waals surface area contributed by atoms with Crippen molar-refractivity contribution in [1.29, 1.82) is 0 Å². The number of carbonyl (C=O) groups is 1. The summed E-state index contributed by atoms with van der Waals surface area (Å²) in [5, 5.41) is 21.7. The van der Waals surface area contributed by atoms with Crippen molar-refractivity contribution >= 4 is 23.0 Å². The molecule has 3 aromatic carbocycles. The molecule has 39 heavy (non-hydrogen) atoms. The van der Waals surface area contributed by atoms with Crippen LogP contribution in [0.25, 0.3) is 11.1 Å². The number of nitrogens with zero attached hydrogens (tertiary/aromatic N) is 3. The van der Waals surface area contributed by atoms with Gasteiger partial charge in [0.05, 0.1) is 38.2 Å². The number of methoxy groups -OCH3 is 1. The highest BCUT2D eigenvalue weighted by Gasteiger charge is 2.25. The van der Waals surface area contributed by atoms with Gasteiger partial charge in [0.15, 0.2) is 0 Å². The van der Waals surface area contributed by atoms with Crippen molar-refractivity contribution in [3.05, 3.63) is 77.0 Å². The lowest BCUT2D eigenvalue weighted by atomic mass is 9.98.